The van der Waals surface area contributed by atoms with Crippen LogP contribution in [0.15, 0.2) is 42.7 Å². The molecule has 0 atom stereocenters. The fourth-order valence-electron chi connectivity index (χ4n) is 1.80. The third-order valence-electron chi connectivity index (χ3n) is 2.59. The molecule has 2 rings (SSSR count). The van der Waals surface area contributed by atoms with Gasteiger partial charge in [0, 0.05) is 18.0 Å². The maximum Gasteiger partial charge on any atom is 0.336 e. The number of rotatable bonds is 4. The van der Waals surface area contributed by atoms with Crippen LogP contribution in [0.5, 0.6) is 5.75 Å². The molecule has 0 bridgehead atoms. The Bertz CT molecular complexity index is 576. The Labute approximate surface area is 111 Å². The van der Waals surface area contributed by atoms with Gasteiger partial charge in [0.15, 0.2) is 0 Å². The minimum absolute atomic E-state index is 0.110. The van der Waals surface area contributed by atoms with Crippen LogP contribution in [0.3, 0.4) is 0 Å². The van der Waals surface area contributed by atoms with E-state index < -0.39 is 5.97 Å². The lowest BCUT2D eigenvalue weighted by molar-refractivity contribution is 0.0697. The summed E-state index contributed by atoms with van der Waals surface area (Å²) in [7, 11) is 0. The number of nitrogens with zero attached hydrogens (tertiary/aromatic N) is 1. The number of ether oxygens (including phenoxy) is 1. The normalized spacial score (nSPS) is 10.5. The first-order valence-corrected chi connectivity index (χ1v) is 6.02. The molecule has 1 N–H and O–H groups in total. The van der Waals surface area contributed by atoms with Gasteiger partial charge in [-0.2, -0.15) is 0 Å². The quantitative estimate of drug-likeness (QED) is 0.913. The fraction of sp³-hybridized carbons (Fsp3) is 0.200. The summed E-state index contributed by atoms with van der Waals surface area (Å²) < 4.78 is 5.55. The summed E-state index contributed by atoms with van der Waals surface area (Å²) in [6, 6.07) is 8.82. The van der Waals surface area contributed by atoms with E-state index in [1.54, 1.807) is 6.20 Å². The summed E-state index contributed by atoms with van der Waals surface area (Å²) >= 11 is 0. The van der Waals surface area contributed by atoms with Crippen LogP contribution < -0.4 is 4.74 Å². The average Bonchev–Trinajstić information content (AvgIpc) is 2.39. The Morgan fingerprint density at radius 2 is 1.89 bits per heavy atom. The summed E-state index contributed by atoms with van der Waals surface area (Å²) in [5.41, 5.74) is 1.65. The van der Waals surface area contributed by atoms with E-state index >= 15 is 0 Å². The lowest BCUT2D eigenvalue weighted by Crippen LogP contribution is -2.05. The molecule has 98 valence electrons. The van der Waals surface area contributed by atoms with Gasteiger partial charge in [-0.05, 0) is 37.6 Å². The van der Waals surface area contributed by atoms with Gasteiger partial charge >= 0.3 is 5.97 Å². The highest BCUT2D eigenvalue weighted by atomic mass is 16.5. The van der Waals surface area contributed by atoms with Crippen molar-refractivity contribution >= 4 is 5.97 Å². The van der Waals surface area contributed by atoms with Crippen molar-refractivity contribution in [1.82, 2.24) is 4.98 Å². The molecule has 0 aliphatic heterocycles. The van der Waals surface area contributed by atoms with Gasteiger partial charge in [-0.15, -0.1) is 0 Å². The van der Waals surface area contributed by atoms with Crippen LogP contribution >= 0.6 is 0 Å². The van der Waals surface area contributed by atoms with Gasteiger partial charge < -0.3 is 9.84 Å². The summed E-state index contributed by atoms with van der Waals surface area (Å²) in [6.07, 6.45) is 3.14. The first-order valence-electron chi connectivity index (χ1n) is 6.02. The van der Waals surface area contributed by atoms with Crippen molar-refractivity contribution < 1.29 is 14.6 Å². The van der Waals surface area contributed by atoms with Crippen molar-refractivity contribution in [2.24, 2.45) is 0 Å². The number of carbonyl (C=O) groups is 1. The Hall–Kier alpha value is -2.36. The van der Waals surface area contributed by atoms with Gasteiger partial charge in [0.25, 0.3) is 0 Å². The van der Waals surface area contributed by atoms with Crippen molar-refractivity contribution in [3.05, 3.63) is 48.3 Å². The molecule has 0 saturated carbocycles. The zero-order valence-electron chi connectivity index (χ0n) is 10.8. The molecular weight excluding hydrogens is 242 g/mol. The highest BCUT2D eigenvalue weighted by Gasteiger charge is 2.11. The number of benzene rings is 1. The third-order valence-corrected chi connectivity index (χ3v) is 2.59. The smallest absolute Gasteiger partial charge is 0.336 e. The van der Waals surface area contributed by atoms with E-state index in [0.29, 0.717) is 5.56 Å². The molecule has 0 spiro atoms. The van der Waals surface area contributed by atoms with Crippen LogP contribution in [0.2, 0.25) is 0 Å². The molecule has 19 heavy (non-hydrogen) atoms. The highest BCUT2D eigenvalue weighted by Crippen LogP contribution is 2.25. The van der Waals surface area contributed by atoms with E-state index in [1.165, 1.54) is 12.3 Å². The van der Waals surface area contributed by atoms with Crippen LogP contribution in [0.1, 0.15) is 24.2 Å². The molecule has 0 unspecified atom stereocenters. The number of carboxylic acid groups (broad SMARTS) is 1. The second-order valence-electron chi connectivity index (χ2n) is 4.42. The number of hydrogen-bond acceptors (Lipinski definition) is 3. The summed E-state index contributed by atoms with van der Waals surface area (Å²) in [5.74, 6) is -0.195. The van der Waals surface area contributed by atoms with Crippen LogP contribution in [0, 0.1) is 0 Å². The number of aromatic nitrogens is 1. The van der Waals surface area contributed by atoms with Gasteiger partial charge in [-0.1, -0.05) is 12.1 Å². The molecule has 4 heteroatoms. The minimum atomic E-state index is -0.958. The second-order valence-corrected chi connectivity index (χ2v) is 4.42. The first kappa shape index (κ1) is 13.1. The maximum absolute atomic E-state index is 11.2. The molecule has 1 aromatic heterocycles. The van der Waals surface area contributed by atoms with Crippen molar-refractivity contribution in [3.8, 4) is 16.9 Å². The van der Waals surface area contributed by atoms with Crippen molar-refractivity contribution in [3.63, 3.8) is 0 Å². The predicted octanol–water partition coefficient (Wildman–Crippen LogP) is 3.23. The average molecular weight is 257 g/mol. The second kappa shape index (κ2) is 5.52. The number of aromatic carboxylic acids is 1. The summed E-state index contributed by atoms with van der Waals surface area (Å²) in [6.45, 7) is 3.91. The van der Waals surface area contributed by atoms with Gasteiger partial charge in [-0.25, -0.2) is 4.79 Å². The molecule has 1 heterocycles. The Morgan fingerprint density at radius 1 is 1.21 bits per heavy atom. The Balaban J connectivity index is 2.35. The lowest BCUT2D eigenvalue weighted by atomic mass is 10.0. The topological polar surface area (TPSA) is 59.4 Å². The zero-order valence-corrected chi connectivity index (χ0v) is 10.8. The third kappa shape index (κ3) is 3.10. The molecule has 2 aromatic rings. The van der Waals surface area contributed by atoms with E-state index in [0.717, 1.165) is 11.3 Å². The molecule has 0 radical (unpaired) electrons. The molecule has 0 aliphatic carbocycles. The monoisotopic (exact) mass is 257 g/mol. The summed E-state index contributed by atoms with van der Waals surface area (Å²) in [5, 5.41) is 9.15. The molecule has 0 saturated heterocycles. The van der Waals surface area contributed by atoms with E-state index in [2.05, 4.69) is 4.98 Å². The lowest BCUT2D eigenvalue weighted by Gasteiger charge is -2.10. The fourth-order valence-corrected chi connectivity index (χ4v) is 1.80. The first-order chi connectivity index (χ1) is 9.08. The Morgan fingerprint density at radius 3 is 2.47 bits per heavy atom. The van der Waals surface area contributed by atoms with Gasteiger partial charge in [0.05, 0.1) is 11.7 Å². The largest absolute Gasteiger partial charge is 0.491 e. The Kier molecular flexibility index (Phi) is 3.80. The molecular formula is C15H15NO3. The highest BCUT2D eigenvalue weighted by molar-refractivity contribution is 5.95. The zero-order chi connectivity index (χ0) is 13.8. The molecule has 0 aliphatic rings. The van der Waals surface area contributed by atoms with Crippen LogP contribution in [0.4, 0.5) is 0 Å². The summed E-state index contributed by atoms with van der Waals surface area (Å²) in [4.78, 5) is 15.1. The van der Waals surface area contributed by atoms with E-state index in [1.807, 2.05) is 38.1 Å². The van der Waals surface area contributed by atoms with Crippen LogP contribution in [0.25, 0.3) is 11.1 Å². The van der Waals surface area contributed by atoms with E-state index in [4.69, 9.17) is 9.84 Å². The number of carboxylic acids is 1. The maximum atomic E-state index is 11.2. The van der Waals surface area contributed by atoms with E-state index in [-0.39, 0.29) is 11.7 Å². The number of pyridine rings is 1. The molecule has 1 aromatic carbocycles. The van der Waals surface area contributed by atoms with Crippen molar-refractivity contribution in [2.75, 3.05) is 0 Å². The van der Waals surface area contributed by atoms with Crippen LogP contribution in [-0.4, -0.2) is 22.2 Å². The van der Waals surface area contributed by atoms with Gasteiger partial charge in [0.2, 0.25) is 0 Å². The minimum Gasteiger partial charge on any atom is -0.491 e. The predicted molar refractivity (Wildman–Crippen MR) is 72.4 cm³/mol. The van der Waals surface area contributed by atoms with Crippen molar-refractivity contribution in [2.45, 2.75) is 20.0 Å². The van der Waals surface area contributed by atoms with Crippen molar-refractivity contribution in [1.29, 1.82) is 0 Å². The van der Waals surface area contributed by atoms with Crippen LogP contribution in [-0.2, 0) is 0 Å². The number of hydrogen-bond donors (Lipinski definition) is 1. The molecule has 0 amide bonds. The van der Waals surface area contributed by atoms with E-state index in [9.17, 15) is 4.79 Å². The van der Waals surface area contributed by atoms with Gasteiger partial charge in [-0.3, -0.25) is 4.98 Å². The van der Waals surface area contributed by atoms with Gasteiger partial charge in [0.1, 0.15) is 5.75 Å². The standard InChI is InChI=1S/C15H15NO3/c1-10(2)19-12-5-3-11(4-6-12)14-9-16-8-7-13(14)15(17)18/h3-10H,1-2H3,(H,17,18). The molecule has 0 fully saturated rings. The molecule has 4 nitrogen and oxygen atoms in total. The SMILES string of the molecule is CC(C)Oc1ccc(-c2cnccc2C(=O)O)cc1.